The number of nitrogens with zero attached hydrogens (tertiary/aromatic N) is 1. The Hall–Kier alpha value is -1.95. The van der Waals surface area contributed by atoms with E-state index in [-0.39, 0.29) is 11.4 Å². The monoisotopic (exact) mass is 290 g/mol. The van der Waals surface area contributed by atoms with Crippen molar-refractivity contribution in [1.82, 2.24) is 10.3 Å². The summed E-state index contributed by atoms with van der Waals surface area (Å²) in [5.41, 5.74) is 2.29. The topological polar surface area (TPSA) is 79.3 Å². The lowest BCUT2D eigenvalue weighted by atomic mass is 9.79. The summed E-state index contributed by atoms with van der Waals surface area (Å²) in [5.74, 6) is -1.50. The Morgan fingerprint density at radius 1 is 1.50 bits per heavy atom. The molecule has 0 radical (unpaired) electrons. The number of carboxylic acids is 1. The number of thiazole rings is 1. The number of carbonyl (C=O) groups excluding carboxylic acids is 1. The van der Waals surface area contributed by atoms with Crippen LogP contribution < -0.4 is 5.32 Å². The van der Waals surface area contributed by atoms with E-state index in [1.165, 1.54) is 11.3 Å². The summed E-state index contributed by atoms with van der Waals surface area (Å²) >= 11 is 1.39. The van der Waals surface area contributed by atoms with Gasteiger partial charge in [0.05, 0.1) is 11.5 Å². The van der Waals surface area contributed by atoms with Gasteiger partial charge in [0.25, 0.3) is 0 Å². The molecule has 1 aliphatic carbocycles. The maximum absolute atomic E-state index is 12.3. The SMILES string of the molecule is CC1=C(C(=O)O)C(c2nccs2)C2=C(CCCC2=O)N1. The minimum atomic E-state index is -1.000. The predicted octanol–water partition coefficient (Wildman–Crippen LogP) is 2.20. The molecule has 1 aromatic rings. The van der Waals surface area contributed by atoms with E-state index in [4.69, 9.17) is 0 Å². The smallest absolute Gasteiger partial charge is 0.334 e. The minimum Gasteiger partial charge on any atom is -0.478 e. The Labute approximate surface area is 120 Å². The van der Waals surface area contributed by atoms with Gasteiger partial charge in [0.2, 0.25) is 0 Å². The number of hydrogen-bond acceptors (Lipinski definition) is 5. The molecule has 1 aliphatic heterocycles. The van der Waals surface area contributed by atoms with Gasteiger partial charge in [0.15, 0.2) is 5.78 Å². The summed E-state index contributed by atoms with van der Waals surface area (Å²) in [4.78, 5) is 28.1. The Morgan fingerprint density at radius 2 is 2.30 bits per heavy atom. The molecule has 0 saturated heterocycles. The van der Waals surface area contributed by atoms with Gasteiger partial charge in [-0.25, -0.2) is 9.78 Å². The van der Waals surface area contributed by atoms with Crippen LogP contribution in [0.5, 0.6) is 0 Å². The summed E-state index contributed by atoms with van der Waals surface area (Å²) in [5, 5.41) is 15.1. The number of ketones is 1. The van der Waals surface area contributed by atoms with Crippen molar-refractivity contribution in [2.75, 3.05) is 0 Å². The second kappa shape index (κ2) is 4.86. The molecule has 1 unspecified atom stereocenters. The lowest BCUT2D eigenvalue weighted by molar-refractivity contribution is -0.133. The van der Waals surface area contributed by atoms with Crippen LogP contribution in [0.2, 0.25) is 0 Å². The first-order chi connectivity index (χ1) is 9.59. The third-order valence-electron chi connectivity index (χ3n) is 3.70. The average Bonchev–Trinajstić information content (AvgIpc) is 2.90. The zero-order valence-corrected chi connectivity index (χ0v) is 11.8. The summed E-state index contributed by atoms with van der Waals surface area (Å²) in [6.07, 6.45) is 3.72. The maximum Gasteiger partial charge on any atom is 0.334 e. The molecule has 0 spiro atoms. The predicted molar refractivity (Wildman–Crippen MR) is 74.2 cm³/mol. The third-order valence-corrected chi connectivity index (χ3v) is 4.55. The highest BCUT2D eigenvalue weighted by Gasteiger charge is 2.39. The Morgan fingerprint density at radius 3 is 2.95 bits per heavy atom. The molecule has 0 saturated carbocycles. The summed E-state index contributed by atoms with van der Waals surface area (Å²) in [7, 11) is 0. The van der Waals surface area contributed by atoms with Crippen LogP contribution in [0.3, 0.4) is 0 Å². The molecule has 2 aliphatic rings. The fourth-order valence-corrected chi connectivity index (χ4v) is 3.65. The van der Waals surface area contributed by atoms with Crippen molar-refractivity contribution in [1.29, 1.82) is 0 Å². The number of aromatic nitrogens is 1. The molecule has 0 fully saturated rings. The van der Waals surface area contributed by atoms with Gasteiger partial charge in [-0.3, -0.25) is 4.79 Å². The normalized spacial score (nSPS) is 22.6. The molecule has 2 heterocycles. The van der Waals surface area contributed by atoms with Crippen LogP contribution in [0.4, 0.5) is 0 Å². The molecule has 6 heteroatoms. The molecule has 0 amide bonds. The largest absolute Gasteiger partial charge is 0.478 e. The van der Waals surface area contributed by atoms with Gasteiger partial charge in [0.1, 0.15) is 5.01 Å². The Kier molecular flexibility index (Phi) is 3.17. The molecular formula is C14H14N2O3S. The van der Waals surface area contributed by atoms with Crippen LogP contribution in [0.25, 0.3) is 0 Å². The van der Waals surface area contributed by atoms with Crippen molar-refractivity contribution >= 4 is 23.1 Å². The van der Waals surface area contributed by atoms with E-state index in [1.54, 1.807) is 18.5 Å². The van der Waals surface area contributed by atoms with E-state index in [9.17, 15) is 14.7 Å². The van der Waals surface area contributed by atoms with Crippen molar-refractivity contribution < 1.29 is 14.7 Å². The molecule has 0 aromatic carbocycles. The van der Waals surface area contributed by atoms with Crippen LogP contribution in [-0.4, -0.2) is 21.8 Å². The van der Waals surface area contributed by atoms with Crippen molar-refractivity contribution in [2.45, 2.75) is 32.1 Å². The first kappa shape index (κ1) is 13.1. The van der Waals surface area contributed by atoms with Gasteiger partial charge in [0, 0.05) is 35.0 Å². The molecule has 5 nitrogen and oxygen atoms in total. The van der Waals surface area contributed by atoms with Gasteiger partial charge in [-0.1, -0.05) is 0 Å². The lowest BCUT2D eigenvalue weighted by Crippen LogP contribution is -2.33. The number of allylic oxidation sites excluding steroid dienone is 3. The van der Waals surface area contributed by atoms with Crippen LogP contribution in [0, 0.1) is 0 Å². The van der Waals surface area contributed by atoms with Gasteiger partial charge in [-0.05, 0) is 19.8 Å². The van der Waals surface area contributed by atoms with E-state index in [1.807, 2.05) is 0 Å². The lowest BCUT2D eigenvalue weighted by Gasteiger charge is -2.32. The minimum absolute atomic E-state index is 0.0326. The first-order valence-corrected chi connectivity index (χ1v) is 7.34. The van der Waals surface area contributed by atoms with Crippen molar-refractivity contribution in [3.63, 3.8) is 0 Å². The highest BCUT2D eigenvalue weighted by molar-refractivity contribution is 7.09. The maximum atomic E-state index is 12.3. The van der Waals surface area contributed by atoms with E-state index in [0.717, 1.165) is 18.5 Å². The number of carbonyl (C=O) groups is 2. The van der Waals surface area contributed by atoms with Crippen molar-refractivity contribution in [3.8, 4) is 0 Å². The fraction of sp³-hybridized carbons (Fsp3) is 0.357. The van der Waals surface area contributed by atoms with Gasteiger partial charge >= 0.3 is 5.97 Å². The van der Waals surface area contributed by atoms with Crippen molar-refractivity contribution in [3.05, 3.63) is 39.1 Å². The van der Waals surface area contributed by atoms with E-state index in [2.05, 4.69) is 10.3 Å². The number of hydrogen-bond donors (Lipinski definition) is 2. The molecule has 1 atom stereocenters. The van der Waals surface area contributed by atoms with Gasteiger partial charge in [-0.15, -0.1) is 11.3 Å². The Balaban J connectivity index is 2.19. The fourth-order valence-electron chi connectivity index (χ4n) is 2.89. The zero-order chi connectivity index (χ0) is 14.3. The van der Waals surface area contributed by atoms with Crippen molar-refractivity contribution in [2.24, 2.45) is 0 Å². The van der Waals surface area contributed by atoms with Gasteiger partial charge < -0.3 is 10.4 Å². The summed E-state index contributed by atoms with van der Waals surface area (Å²) in [6, 6.07) is 0. The van der Waals surface area contributed by atoms with E-state index < -0.39 is 11.9 Å². The number of rotatable bonds is 2. The number of Topliss-reactive ketones (excluding diaryl/α,β-unsaturated/α-hetero) is 1. The highest BCUT2D eigenvalue weighted by Crippen LogP contribution is 2.42. The van der Waals surface area contributed by atoms with E-state index in [0.29, 0.717) is 22.7 Å². The number of aliphatic carboxylic acids is 1. The first-order valence-electron chi connectivity index (χ1n) is 6.46. The molecule has 20 heavy (non-hydrogen) atoms. The molecular weight excluding hydrogens is 276 g/mol. The van der Waals surface area contributed by atoms with Crippen LogP contribution in [-0.2, 0) is 9.59 Å². The molecule has 1 aromatic heterocycles. The zero-order valence-electron chi connectivity index (χ0n) is 11.0. The highest BCUT2D eigenvalue weighted by atomic mass is 32.1. The standard InChI is InChI=1S/C14H14N2O3S/c1-7-10(14(18)19)12(13-15-5-6-20-13)11-8(16-7)3-2-4-9(11)17/h5-6,12,16H,2-4H2,1H3,(H,18,19). The van der Waals surface area contributed by atoms with Crippen LogP contribution in [0.15, 0.2) is 34.1 Å². The number of nitrogens with one attached hydrogen (secondary N) is 1. The third kappa shape index (κ3) is 1.96. The van der Waals surface area contributed by atoms with Gasteiger partial charge in [-0.2, -0.15) is 0 Å². The summed E-state index contributed by atoms with van der Waals surface area (Å²) in [6.45, 7) is 1.74. The number of dihydropyridines is 1. The molecule has 0 bridgehead atoms. The second-order valence-electron chi connectivity index (χ2n) is 4.94. The Bertz CT molecular complexity index is 643. The summed E-state index contributed by atoms with van der Waals surface area (Å²) < 4.78 is 0. The molecule has 3 rings (SSSR count). The second-order valence-corrected chi connectivity index (χ2v) is 5.87. The molecule has 104 valence electrons. The average molecular weight is 290 g/mol. The number of carboxylic acid groups (broad SMARTS) is 1. The van der Waals surface area contributed by atoms with Crippen LogP contribution >= 0.6 is 11.3 Å². The quantitative estimate of drug-likeness (QED) is 0.873. The van der Waals surface area contributed by atoms with Crippen LogP contribution in [0.1, 0.15) is 37.1 Å². The molecule has 2 N–H and O–H groups in total. The van der Waals surface area contributed by atoms with E-state index >= 15 is 0 Å².